The maximum Gasteiger partial charge on any atom is 0.267 e. The van der Waals surface area contributed by atoms with Crippen LogP contribution in [-0.4, -0.2) is 5.91 Å². The Morgan fingerprint density at radius 3 is 2.45 bits per heavy atom. The van der Waals surface area contributed by atoms with Gasteiger partial charge in [0.2, 0.25) is 0 Å². The standard InChI is InChI=1S/C15H15FN2O2/c16-13-9-5-4-8-12(13)10-20-14(15(19)18-17)11-6-2-1-3-7-11/h1-9,14H,10,17H2,(H,18,19). The molecule has 0 aromatic heterocycles. The van der Waals surface area contributed by atoms with Gasteiger partial charge in [-0.25, -0.2) is 10.2 Å². The molecule has 104 valence electrons. The van der Waals surface area contributed by atoms with Crippen molar-refractivity contribution in [3.63, 3.8) is 0 Å². The lowest BCUT2D eigenvalue weighted by Gasteiger charge is -2.16. The summed E-state index contributed by atoms with van der Waals surface area (Å²) in [5, 5.41) is 0. The summed E-state index contributed by atoms with van der Waals surface area (Å²) in [4.78, 5) is 11.8. The third-order valence-electron chi connectivity index (χ3n) is 2.85. The minimum absolute atomic E-state index is 0.0142. The molecule has 0 aliphatic heterocycles. The molecular weight excluding hydrogens is 259 g/mol. The van der Waals surface area contributed by atoms with Gasteiger partial charge in [-0.15, -0.1) is 0 Å². The van der Waals surface area contributed by atoms with Gasteiger partial charge in [-0.3, -0.25) is 10.2 Å². The summed E-state index contributed by atoms with van der Waals surface area (Å²) in [5.41, 5.74) is 3.10. The van der Waals surface area contributed by atoms with Crippen molar-refractivity contribution in [2.24, 2.45) is 5.84 Å². The zero-order valence-electron chi connectivity index (χ0n) is 10.8. The average Bonchev–Trinajstić information content (AvgIpc) is 2.50. The van der Waals surface area contributed by atoms with Crippen molar-refractivity contribution in [2.45, 2.75) is 12.7 Å². The number of hydrogen-bond donors (Lipinski definition) is 2. The Morgan fingerprint density at radius 2 is 1.80 bits per heavy atom. The first-order valence-electron chi connectivity index (χ1n) is 6.13. The van der Waals surface area contributed by atoms with Gasteiger partial charge in [0.05, 0.1) is 6.61 Å². The lowest BCUT2D eigenvalue weighted by molar-refractivity contribution is -0.134. The molecule has 0 radical (unpaired) electrons. The highest BCUT2D eigenvalue weighted by Gasteiger charge is 2.20. The topological polar surface area (TPSA) is 64.3 Å². The van der Waals surface area contributed by atoms with Crippen molar-refractivity contribution in [1.82, 2.24) is 5.43 Å². The molecule has 2 aromatic carbocycles. The first-order valence-corrected chi connectivity index (χ1v) is 6.13. The number of amides is 1. The number of halogens is 1. The summed E-state index contributed by atoms with van der Waals surface area (Å²) in [7, 11) is 0. The summed E-state index contributed by atoms with van der Waals surface area (Å²) in [5.74, 6) is 4.31. The second-order valence-electron chi connectivity index (χ2n) is 4.20. The molecule has 0 heterocycles. The van der Waals surface area contributed by atoms with Crippen LogP contribution >= 0.6 is 0 Å². The number of ether oxygens (including phenoxy) is 1. The molecule has 0 aliphatic rings. The van der Waals surface area contributed by atoms with E-state index in [1.165, 1.54) is 6.07 Å². The number of hydrogen-bond acceptors (Lipinski definition) is 3. The van der Waals surface area contributed by atoms with E-state index in [4.69, 9.17) is 10.6 Å². The van der Waals surface area contributed by atoms with E-state index in [0.717, 1.165) is 0 Å². The predicted octanol–water partition coefficient (Wildman–Crippen LogP) is 2.07. The summed E-state index contributed by atoms with van der Waals surface area (Å²) < 4.78 is 19.0. The van der Waals surface area contributed by atoms with E-state index in [0.29, 0.717) is 11.1 Å². The Labute approximate surface area is 116 Å². The highest BCUT2D eigenvalue weighted by molar-refractivity contribution is 5.81. The van der Waals surface area contributed by atoms with Crippen LogP contribution in [0.3, 0.4) is 0 Å². The van der Waals surface area contributed by atoms with Gasteiger partial charge in [0.15, 0.2) is 6.10 Å². The fourth-order valence-electron chi connectivity index (χ4n) is 1.82. The largest absolute Gasteiger partial charge is 0.359 e. The Morgan fingerprint density at radius 1 is 1.15 bits per heavy atom. The van der Waals surface area contributed by atoms with Gasteiger partial charge in [0, 0.05) is 5.56 Å². The molecule has 0 aliphatic carbocycles. The third kappa shape index (κ3) is 3.40. The van der Waals surface area contributed by atoms with E-state index in [2.05, 4.69) is 5.43 Å². The van der Waals surface area contributed by atoms with E-state index in [9.17, 15) is 9.18 Å². The summed E-state index contributed by atoms with van der Waals surface area (Å²) >= 11 is 0. The first kappa shape index (κ1) is 14.2. The molecule has 0 saturated carbocycles. The number of nitrogens with one attached hydrogen (secondary N) is 1. The lowest BCUT2D eigenvalue weighted by Crippen LogP contribution is -2.35. The van der Waals surface area contributed by atoms with Gasteiger partial charge < -0.3 is 4.74 Å². The molecule has 0 bridgehead atoms. The number of benzene rings is 2. The molecular formula is C15H15FN2O2. The van der Waals surface area contributed by atoms with Gasteiger partial charge >= 0.3 is 0 Å². The molecule has 3 N–H and O–H groups in total. The summed E-state index contributed by atoms with van der Waals surface area (Å²) in [6.07, 6.45) is -0.874. The van der Waals surface area contributed by atoms with Gasteiger partial charge in [-0.05, 0) is 11.6 Å². The van der Waals surface area contributed by atoms with Gasteiger partial charge in [0.1, 0.15) is 5.82 Å². The fraction of sp³-hybridized carbons (Fsp3) is 0.133. The zero-order chi connectivity index (χ0) is 14.4. The molecule has 1 atom stereocenters. The van der Waals surface area contributed by atoms with Gasteiger partial charge in [-0.1, -0.05) is 48.5 Å². The van der Waals surface area contributed by atoms with E-state index in [-0.39, 0.29) is 12.4 Å². The van der Waals surface area contributed by atoms with E-state index in [1.807, 2.05) is 6.07 Å². The molecule has 0 spiro atoms. The predicted molar refractivity (Wildman–Crippen MR) is 72.7 cm³/mol. The number of rotatable bonds is 5. The molecule has 5 heteroatoms. The Kier molecular flexibility index (Phi) is 4.81. The smallest absolute Gasteiger partial charge is 0.267 e. The van der Waals surface area contributed by atoms with Crippen molar-refractivity contribution < 1.29 is 13.9 Å². The number of carbonyl (C=O) groups excluding carboxylic acids is 1. The third-order valence-corrected chi connectivity index (χ3v) is 2.85. The molecule has 4 nitrogen and oxygen atoms in total. The van der Waals surface area contributed by atoms with Crippen LogP contribution in [0.4, 0.5) is 4.39 Å². The van der Waals surface area contributed by atoms with Crippen LogP contribution in [0.5, 0.6) is 0 Å². The van der Waals surface area contributed by atoms with E-state index >= 15 is 0 Å². The van der Waals surface area contributed by atoms with Crippen molar-refractivity contribution in [1.29, 1.82) is 0 Å². The molecule has 2 aromatic rings. The average molecular weight is 274 g/mol. The van der Waals surface area contributed by atoms with Crippen LogP contribution in [0.2, 0.25) is 0 Å². The molecule has 2 rings (SSSR count). The van der Waals surface area contributed by atoms with Crippen molar-refractivity contribution >= 4 is 5.91 Å². The second-order valence-corrected chi connectivity index (χ2v) is 4.20. The number of nitrogens with two attached hydrogens (primary N) is 1. The minimum atomic E-state index is -0.874. The van der Waals surface area contributed by atoms with E-state index in [1.54, 1.807) is 42.5 Å². The maximum absolute atomic E-state index is 13.5. The Hall–Kier alpha value is -2.24. The number of hydrazine groups is 1. The molecule has 0 saturated heterocycles. The van der Waals surface area contributed by atoms with Crippen LogP contribution in [0.25, 0.3) is 0 Å². The molecule has 1 unspecified atom stereocenters. The monoisotopic (exact) mass is 274 g/mol. The second kappa shape index (κ2) is 6.79. The highest BCUT2D eigenvalue weighted by atomic mass is 19.1. The first-order chi connectivity index (χ1) is 9.72. The van der Waals surface area contributed by atoms with Crippen molar-refractivity contribution in [2.75, 3.05) is 0 Å². The van der Waals surface area contributed by atoms with Crippen LogP contribution in [-0.2, 0) is 16.1 Å². The van der Waals surface area contributed by atoms with Crippen LogP contribution in [0, 0.1) is 5.82 Å². The zero-order valence-corrected chi connectivity index (χ0v) is 10.8. The lowest BCUT2D eigenvalue weighted by atomic mass is 10.1. The normalized spacial score (nSPS) is 11.9. The fourth-order valence-corrected chi connectivity index (χ4v) is 1.82. The molecule has 20 heavy (non-hydrogen) atoms. The van der Waals surface area contributed by atoms with E-state index < -0.39 is 12.0 Å². The Balaban J connectivity index is 2.14. The quantitative estimate of drug-likeness (QED) is 0.498. The van der Waals surface area contributed by atoms with Crippen LogP contribution < -0.4 is 11.3 Å². The van der Waals surface area contributed by atoms with Gasteiger partial charge in [0.25, 0.3) is 5.91 Å². The minimum Gasteiger partial charge on any atom is -0.359 e. The highest BCUT2D eigenvalue weighted by Crippen LogP contribution is 2.20. The molecule has 0 fully saturated rings. The van der Waals surface area contributed by atoms with Gasteiger partial charge in [-0.2, -0.15) is 0 Å². The van der Waals surface area contributed by atoms with Crippen LogP contribution in [0.15, 0.2) is 54.6 Å². The van der Waals surface area contributed by atoms with Crippen molar-refractivity contribution in [3.8, 4) is 0 Å². The van der Waals surface area contributed by atoms with Crippen LogP contribution in [0.1, 0.15) is 17.2 Å². The SMILES string of the molecule is NNC(=O)C(OCc1ccccc1F)c1ccccc1. The summed E-state index contributed by atoms with van der Waals surface area (Å²) in [6.45, 7) is -0.0142. The number of carbonyl (C=O) groups is 1. The maximum atomic E-state index is 13.5. The molecule has 1 amide bonds. The summed E-state index contributed by atoms with van der Waals surface area (Å²) in [6, 6.07) is 15.2. The van der Waals surface area contributed by atoms with Crippen molar-refractivity contribution in [3.05, 3.63) is 71.5 Å². The Bertz CT molecular complexity index is 575.